The fraction of sp³-hybridized carbons (Fsp3) is 0.444. The van der Waals surface area contributed by atoms with Gasteiger partial charge in [0.2, 0.25) is 0 Å². The summed E-state index contributed by atoms with van der Waals surface area (Å²) in [6.45, 7) is 1.27. The number of ether oxygens (including phenoxy) is 1. The average molecular weight is 276 g/mol. The van der Waals surface area contributed by atoms with Gasteiger partial charge in [0.1, 0.15) is 0 Å². The highest BCUT2D eigenvalue weighted by atomic mass is 79.9. The van der Waals surface area contributed by atoms with Crippen LogP contribution in [-0.4, -0.2) is 25.5 Å². The first-order chi connectivity index (χ1) is 6.68. The van der Waals surface area contributed by atoms with Gasteiger partial charge in [-0.25, -0.2) is 0 Å². The molecule has 0 atom stereocenters. The van der Waals surface area contributed by atoms with Crippen molar-refractivity contribution in [2.75, 3.05) is 19.8 Å². The first-order valence-corrected chi connectivity index (χ1v) is 5.87. The van der Waals surface area contributed by atoms with Crippen LogP contribution in [0.5, 0.6) is 0 Å². The van der Waals surface area contributed by atoms with Gasteiger partial charge in [0.05, 0.1) is 27.3 Å². The lowest BCUT2D eigenvalue weighted by molar-refractivity contribution is -0.0814. The number of thiophene rings is 1. The maximum atomic E-state index is 12.0. The van der Waals surface area contributed by atoms with Crippen LogP contribution in [0.3, 0.4) is 0 Å². The standard InChI is InChI=1S/C9H10BrNO2S/c10-7-2-1-6(14-7)8(12)9(3-11)4-13-5-9/h1-2H,3-5,11H2. The van der Waals surface area contributed by atoms with E-state index in [0.29, 0.717) is 19.8 Å². The fourth-order valence-corrected chi connectivity index (χ4v) is 2.83. The number of halogens is 1. The average Bonchev–Trinajstić information content (AvgIpc) is 2.50. The quantitative estimate of drug-likeness (QED) is 0.854. The number of nitrogens with two attached hydrogens (primary N) is 1. The summed E-state index contributed by atoms with van der Waals surface area (Å²) in [6.07, 6.45) is 0. The van der Waals surface area contributed by atoms with Crippen LogP contribution in [0.2, 0.25) is 0 Å². The number of hydrogen-bond donors (Lipinski definition) is 1. The van der Waals surface area contributed by atoms with Crippen molar-refractivity contribution in [2.45, 2.75) is 0 Å². The van der Waals surface area contributed by atoms with Gasteiger partial charge in [-0.15, -0.1) is 11.3 Å². The monoisotopic (exact) mass is 275 g/mol. The van der Waals surface area contributed by atoms with Crippen LogP contribution in [0.15, 0.2) is 15.9 Å². The molecule has 0 radical (unpaired) electrons. The van der Waals surface area contributed by atoms with E-state index in [2.05, 4.69) is 15.9 Å². The van der Waals surface area contributed by atoms with E-state index in [1.54, 1.807) is 0 Å². The minimum atomic E-state index is -0.454. The summed E-state index contributed by atoms with van der Waals surface area (Å²) in [5, 5.41) is 0. The molecule has 2 rings (SSSR count). The minimum Gasteiger partial charge on any atom is -0.379 e. The third-order valence-electron chi connectivity index (χ3n) is 2.43. The number of carbonyl (C=O) groups excluding carboxylic acids is 1. The fourth-order valence-electron chi connectivity index (χ4n) is 1.39. The van der Waals surface area contributed by atoms with Gasteiger partial charge in [-0.3, -0.25) is 4.79 Å². The van der Waals surface area contributed by atoms with Gasteiger partial charge in [0.25, 0.3) is 0 Å². The molecule has 3 nitrogen and oxygen atoms in total. The predicted octanol–water partition coefficient (Wildman–Crippen LogP) is 1.67. The summed E-state index contributed by atoms with van der Waals surface area (Å²) in [7, 11) is 0. The second kappa shape index (κ2) is 3.73. The molecule has 0 saturated carbocycles. The van der Waals surface area contributed by atoms with E-state index in [4.69, 9.17) is 10.5 Å². The van der Waals surface area contributed by atoms with Crippen molar-refractivity contribution >= 4 is 33.0 Å². The van der Waals surface area contributed by atoms with Gasteiger partial charge >= 0.3 is 0 Å². The van der Waals surface area contributed by atoms with E-state index in [9.17, 15) is 4.79 Å². The summed E-state index contributed by atoms with van der Waals surface area (Å²) in [4.78, 5) is 12.8. The maximum absolute atomic E-state index is 12.0. The summed E-state index contributed by atoms with van der Waals surface area (Å²) in [5.41, 5.74) is 5.15. The molecule has 1 aliphatic heterocycles. The molecule has 1 aromatic heterocycles. The zero-order valence-electron chi connectivity index (χ0n) is 7.46. The van der Waals surface area contributed by atoms with Crippen LogP contribution in [0.4, 0.5) is 0 Å². The SMILES string of the molecule is NCC1(C(=O)c2ccc(Br)s2)COC1. The van der Waals surface area contributed by atoms with E-state index < -0.39 is 5.41 Å². The Bertz CT molecular complexity index is 354. The van der Waals surface area contributed by atoms with E-state index in [1.165, 1.54) is 11.3 Å². The maximum Gasteiger partial charge on any atom is 0.184 e. The van der Waals surface area contributed by atoms with E-state index in [-0.39, 0.29) is 5.78 Å². The zero-order chi connectivity index (χ0) is 10.2. The number of Topliss-reactive ketones (excluding diaryl/α,β-unsaturated/α-hetero) is 1. The molecule has 0 aromatic carbocycles. The molecule has 0 spiro atoms. The zero-order valence-corrected chi connectivity index (χ0v) is 9.86. The van der Waals surface area contributed by atoms with Gasteiger partial charge in [-0.1, -0.05) is 0 Å². The number of carbonyl (C=O) groups is 1. The highest BCUT2D eigenvalue weighted by Gasteiger charge is 2.45. The Hall–Kier alpha value is -0.230. The molecule has 0 unspecified atom stereocenters. The molecular weight excluding hydrogens is 266 g/mol. The van der Waals surface area contributed by atoms with Crippen molar-refractivity contribution in [3.05, 3.63) is 20.8 Å². The molecule has 14 heavy (non-hydrogen) atoms. The molecule has 1 aromatic rings. The smallest absolute Gasteiger partial charge is 0.184 e. The second-order valence-corrected chi connectivity index (χ2v) is 5.87. The Morgan fingerprint density at radius 2 is 2.36 bits per heavy atom. The van der Waals surface area contributed by atoms with Crippen molar-refractivity contribution < 1.29 is 9.53 Å². The molecule has 0 amide bonds. The highest BCUT2D eigenvalue weighted by molar-refractivity contribution is 9.11. The normalized spacial score (nSPS) is 19.0. The summed E-state index contributed by atoms with van der Waals surface area (Å²) in [6, 6.07) is 3.70. The Morgan fingerprint density at radius 1 is 1.64 bits per heavy atom. The molecule has 2 N–H and O–H groups in total. The topological polar surface area (TPSA) is 52.3 Å². The van der Waals surface area contributed by atoms with Crippen molar-refractivity contribution in [3.63, 3.8) is 0 Å². The van der Waals surface area contributed by atoms with E-state index >= 15 is 0 Å². The van der Waals surface area contributed by atoms with Crippen LogP contribution in [-0.2, 0) is 4.74 Å². The Morgan fingerprint density at radius 3 is 2.71 bits per heavy atom. The molecule has 5 heteroatoms. The third-order valence-corrected chi connectivity index (χ3v) is 4.05. The number of rotatable bonds is 3. The highest BCUT2D eigenvalue weighted by Crippen LogP contribution is 2.34. The van der Waals surface area contributed by atoms with Gasteiger partial charge in [0, 0.05) is 6.54 Å². The molecule has 0 bridgehead atoms. The van der Waals surface area contributed by atoms with E-state index in [0.717, 1.165) is 8.66 Å². The first kappa shape index (κ1) is 10.3. The van der Waals surface area contributed by atoms with Crippen LogP contribution >= 0.6 is 27.3 Å². The Labute approximate surface area is 94.4 Å². The molecular formula is C9H10BrNO2S. The van der Waals surface area contributed by atoms with Gasteiger partial charge in [-0.2, -0.15) is 0 Å². The third kappa shape index (κ3) is 1.54. The Kier molecular flexibility index (Phi) is 2.74. The van der Waals surface area contributed by atoms with Crippen LogP contribution < -0.4 is 5.73 Å². The van der Waals surface area contributed by atoms with Gasteiger partial charge in [0.15, 0.2) is 5.78 Å². The van der Waals surface area contributed by atoms with Gasteiger partial charge < -0.3 is 10.5 Å². The van der Waals surface area contributed by atoms with Gasteiger partial charge in [-0.05, 0) is 28.1 Å². The second-order valence-electron chi connectivity index (χ2n) is 3.41. The summed E-state index contributed by atoms with van der Waals surface area (Å²) in [5.74, 6) is 0.113. The van der Waals surface area contributed by atoms with Crippen molar-refractivity contribution in [3.8, 4) is 0 Å². The molecule has 1 aliphatic rings. The summed E-state index contributed by atoms with van der Waals surface area (Å²) >= 11 is 4.78. The predicted molar refractivity (Wildman–Crippen MR) is 58.7 cm³/mol. The molecule has 2 heterocycles. The molecule has 0 aliphatic carbocycles. The van der Waals surface area contributed by atoms with E-state index in [1.807, 2.05) is 12.1 Å². The summed E-state index contributed by atoms with van der Waals surface area (Å²) < 4.78 is 6.04. The first-order valence-electron chi connectivity index (χ1n) is 4.26. The van der Waals surface area contributed by atoms with Crippen LogP contribution in [0.25, 0.3) is 0 Å². The Balaban J connectivity index is 2.23. The minimum absolute atomic E-state index is 0.113. The van der Waals surface area contributed by atoms with Crippen molar-refractivity contribution in [1.29, 1.82) is 0 Å². The van der Waals surface area contributed by atoms with Crippen LogP contribution in [0, 0.1) is 5.41 Å². The number of ketones is 1. The molecule has 1 fully saturated rings. The van der Waals surface area contributed by atoms with Crippen molar-refractivity contribution in [2.24, 2.45) is 11.1 Å². The molecule has 76 valence electrons. The van der Waals surface area contributed by atoms with Crippen molar-refractivity contribution in [1.82, 2.24) is 0 Å². The lowest BCUT2D eigenvalue weighted by atomic mass is 9.81. The van der Waals surface area contributed by atoms with Crippen LogP contribution in [0.1, 0.15) is 9.67 Å². The largest absolute Gasteiger partial charge is 0.379 e. The lowest BCUT2D eigenvalue weighted by Crippen LogP contribution is -2.53. The number of hydrogen-bond acceptors (Lipinski definition) is 4. The lowest BCUT2D eigenvalue weighted by Gasteiger charge is -2.38. The molecule has 1 saturated heterocycles.